The zero-order valence-corrected chi connectivity index (χ0v) is 7.42. The van der Waals surface area contributed by atoms with Crippen molar-refractivity contribution in [1.82, 2.24) is 0 Å². The summed E-state index contributed by atoms with van der Waals surface area (Å²) in [6.07, 6.45) is 4.55. The molecule has 0 aromatic rings. The summed E-state index contributed by atoms with van der Waals surface area (Å²) in [5.41, 5.74) is 0. The van der Waals surface area contributed by atoms with Crippen LogP contribution in [0, 0.1) is 0 Å². The van der Waals surface area contributed by atoms with E-state index in [0.29, 0.717) is 12.2 Å². The summed E-state index contributed by atoms with van der Waals surface area (Å²) in [6, 6.07) is 0. The average Bonchev–Trinajstić information content (AvgIpc) is 1.93. The summed E-state index contributed by atoms with van der Waals surface area (Å²) in [4.78, 5) is 0. The molecule has 0 spiro atoms. The molecule has 0 atom stereocenters. The molecule has 11 heavy (non-hydrogen) atoms. The largest absolute Gasteiger partial charge is 0.393 e. The number of hydrogen-bond acceptors (Lipinski definition) is 2. The number of ether oxygens (including phenoxy) is 1. The van der Waals surface area contributed by atoms with Gasteiger partial charge in [0.1, 0.15) is 0 Å². The average molecular weight is 158 g/mol. The number of rotatable bonds is 2. The zero-order chi connectivity index (χ0) is 8.27. The van der Waals surface area contributed by atoms with Gasteiger partial charge in [0.15, 0.2) is 0 Å². The van der Waals surface area contributed by atoms with Crippen molar-refractivity contribution >= 4 is 0 Å². The van der Waals surface area contributed by atoms with Crippen LogP contribution in [-0.2, 0) is 4.74 Å². The quantitative estimate of drug-likeness (QED) is 0.663. The minimum atomic E-state index is -0.0676. The van der Waals surface area contributed by atoms with Gasteiger partial charge in [0.05, 0.1) is 18.3 Å². The molecule has 1 rings (SSSR count). The molecule has 0 saturated heterocycles. The predicted octanol–water partition coefficient (Wildman–Crippen LogP) is 1.71. The summed E-state index contributed by atoms with van der Waals surface area (Å²) >= 11 is 0. The Morgan fingerprint density at radius 1 is 1.18 bits per heavy atom. The highest BCUT2D eigenvalue weighted by Crippen LogP contribution is 2.21. The minimum Gasteiger partial charge on any atom is -0.393 e. The van der Waals surface area contributed by atoms with E-state index in [2.05, 4.69) is 13.8 Å². The predicted molar refractivity (Wildman–Crippen MR) is 44.5 cm³/mol. The topological polar surface area (TPSA) is 29.5 Å². The molecule has 2 heteroatoms. The first-order valence-electron chi connectivity index (χ1n) is 4.52. The highest BCUT2D eigenvalue weighted by atomic mass is 16.5. The molecule has 0 heterocycles. The molecular formula is C9H18O2. The molecule has 0 amide bonds. The van der Waals surface area contributed by atoms with Gasteiger partial charge >= 0.3 is 0 Å². The Hall–Kier alpha value is -0.0800. The van der Waals surface area contributed by atoms with Crippen LogP contribution < -0.4 is 0 Å². The Balaban J connectivity index is 2.17. The van der Waals surface area contributed by atoms with Crippen molar-refractivity contribution in [2.45, 2.75) is 57.8 Å². The van der Waals surface area contributed by atoms with Crippen molar-refractivity contribution in [3.63, 3.8) is 0 Å². The third kappa shape index (κ3) is 3.21. The molecule has 1 aliphatic carbocycles. The molecule has 1 N–H and O–H groups in total. The second kappa shape index (κ2) is 4.07. The van der Waals surface area contributed by atoms with Gasteiger partial charge in [-0.05, 0) is 39.5 Å². The molecule has 1 saturated carbocycles. The van der Waals surface area contributed by atoms with Crippen LogP contribution in [0.5, 0.6) is 0 Å². The van der Waals surface area contributed by atoms with Crippen molar-refractivity contribution in [2.75, 3.05) is 0 Å². The standard InChI is InChI=1S/C9H18O2/c1-7(2)11-9-5-3-8(10)4-6-9/h7-10H,3-6H2,1-2H3/t8-,9+. The highest BCUT2D eigenvalue weighted by molar-refractivity contribution is 4.71. The number of aliphatic hydroxyl groups excluding tert-OH is 1. The van der Waals surface area contributed by atoms with Gasteiger partial charge in [-0.15, -0.1) is 0 Å². The maximum atomic E-state index is 9.21. The third-order valence-corrected chi connectivity index (χ3v) is 2.11. The van der Waals surface area contributed by atoms with E-state index >= 15 is 0 Å². The lowest BCUT2D eigenvalue weighted by Crippen LogP contribution is -2.26. The van der Waals surface area contributed by atoms with Gasteiger partial charge in [-0.2, -0.15) is 0 Å². The van der Waals surface area contributed by atoms with Gasteiger partial charge in [0, 0.05) is 0 Å². The fourth-order valence-corrected chi connectivity index (χ4v) is 1.57. The van der Waals surface area contributed by atoms with Gasteiger partial charge in [-0.3, -0.25) is 0 Å². The lowest BCUT2D eigenvalue weighted by Gasteiger charge is -2.26. The van der Waals surface area contributed by atoms with E-state index in [0.717, 1.165) is 25.7 Å². The Labute approximate surface area is 68.6 Å². The van der Waals surface area contributed by atoms with Crippen LogP contribution >= 0.6 is 0 Å². The molecule has 0 bridgehead atoms. The van der Waals surface area contributed by atoms with E-state index in [1.54, 1.807) is 0 Å². The monoisotopic (exact) mass is 158 g/mol. The molecule has 1 aliphatic rings. The summed E-state index contributed by atoms with van der Waals surface area (Å²) < 4.78 is 5.63. The summed E-state index contributed by atoms with van der Waals surface area (Å²) in [5, 5.41) is 9.21. The molecule has 2 nitrogen and oxygen atoms in total. The van der Waals surface area contributed by atoms with E-state index in [1.807, 2.05) is 0 Å². The van der Waals surface area contributed by atoms with Crippen molar-refractivity contribution in [2.24, 2.45) is 0 Å². The Kier molecular flexibility index (Phi) is 3.34. The van der Waals surface area contributed by atoms with Crippen molar-refractivity contribution in [3.8, 4) is 0 Å². The second-order valence-corrected chi connectivity index (χ2v) is 3.62. The fourth-order valence-electron chi connectivity index (χ4n) is 1.57. The zero-order valence-electron chi connectivity index (χ0n) is 7.42. The minimum absolute atomic E-state index is 0.0676. The van der Waals surface area contributed by atoms with E-state index in [-0.39, 0.29) is 6.10 Å². The first kappa shape index (κ1) is 9.01. The van der Waals surface area contributed by atoms with E-state index in [1.165, 1.54) is 0 Å². The Morgan fingerprint density at radius 3 is 2.18 bits per heavy atom. The SMILES string of the molecule is CC(C)O[C@H]1CC[C@@H](O)CC1. The highest BCUT2D eigenvalue weighted by Gasteiger charge is 2.20. The summed E-state index contributed by atoms with van der Waals surface area (Å²) in [7, 11) is 0. The molecule has 0 aromatic heterocycles. The molecular weight excluding hydrogens is 140 g/mol. The van der Waals surface area contributed by atoms with Gasteiger partial charge in [0.25, 0.3) is 0 Å². The smallest absolute Gasteiger partial charge is 0.0580 e. The summed E-state index contributed by atoms with van der Waals surface area (Å²) in [5.74, 6) is 0. The molecule has 0 radical (unpaired) electrons. The van der Waals surface area contributed by atoms with Crippen LogP contribution in [0.3, 0.4) is 0 Å². The maximum Gasteiger partial charge on any atom is 0.0580 e. The maximum absolute atomic E-state index is 9.21. The van der Waals surface area contributed by atoms with Crippen LogP contribution in [0.15, 0.2) is 0 Å². The molecule has 0 unspecified atom stereocenters. The molecule has 0 aliphatic heterocycles. The Bertz CT molecular complexity index is 104. The summed E-state index contributed by atoms with van der Waals surface area (Å²) in [6.45, 7) is 4.12. The number of aliphatic hydroxyl groups is 1. The van der Waals surface area contributed by atoms with Crippen LogP contribution in [0.4, 0.5) is 0 Å². The van der Waals surface area contributed by atoms with E-state index < -0.39 is 0 Å². The first-order valence-corrected chi connectivity index (χ1v) is 4.52. The van der Waals surface area contributed by atoms with Crippen LogP contribution in [0.2, 0.25) is 0 Å². The van der Waals surface area contributed by atoms with Crippen LogP contribution in [0.1, 0.15) is 39.5 Å². The van der Waals surface area contributed by atoms with Gasteiger partial charge < -0.3 is 9.84 Å². The number of hydrogen-bond donors (Lipinski definition) is 1. The molecule has 1 fully saturated rings. The van der Waals surface area contributed by atoms with Gasteiger partial charge in [-0.1, -0.05) is 0 Å². The van der Waals surface area contributed by atoms with Gasteiger partial charge in [-0.25, -0.2) is 0 Å². The van der Waals surface area contributed by atoms with E-state index in [9.17, 15) is 5.11 Å². The van der Waals surface area contributed by atoms with Crippen molar-refractivity contribution in [1.29, 1.82) is 0 Å². The molecule has 66 valence electrons. The first-order chi connectivity index (χ1) is 5.18. The van der Waals surface area contributed by atoms with Crippen molar-refractivity contribution < 1.29 is 9.84 Å². The van der Waals surface area contributed by atoms with Crippen LogP contribution in [-0.4, -0.2) is 23.4 Å². The van der Waals surface area contributed by atoms with Crippen LogP contribution in [0.25, 0.3) is 0 Å². The second-order valence-electron chi connectivity index (χ2n) is 3.62. The normalized spacial score (nSPS) is 32.7. The van der Waals surface area contributed by atoms with Gasteiger partial charge in [0.2, 0.25) is 0 Å². The van der Waals surface area contributed by atoms with E-state index in [4.69, 9.17) is 4.74 Å². The Morgan fingerprint density at radius 2 is 1.73 bits per heavy atom. The van der Waals surface area contributed by atoms with Crippen molar-refractivity contribution in [3.05, 3.63) is 0 Å². The lowest BCUT2D eigenvalue weighted by atomic mass is 9.95. The third-order valence-electron chi connectivity index (χ3n) is 2.11. The molecule has 0 aromatic carbocycles. The lowest BCUT2D eigenvalue weighted by molar-refractivity contribution is -0.0335. The fraction of sp³-hybridized carbons (Fsp3) is 1.00.